The van der Waals surface area contributed by atoms with Crippen LogP contribution in [0.15, 0.2) is 30.3 Å². The molecule has 6 nitrogen and oxygen atoms in total. The highest BCUT2D eigenvalue weighted by atomic mass is 16.2. The van der Waals surface area contributed by atoms with E-state index >= 15 is 0 Å². The number of anilines is 1. The van der Waals surface area contributed by atoms with Gasteiger partial charge in [-0.15, -0.1) is 0 Å². The normalized spacial score (nSPS) is 21.6. The Labute approximate surface area is 164 Å². The number of rotatable bonds is 4. The molecule has 1 aromatic carbocycles. The predicted octanol–water partition coefficient (Wildman–Crippen LogP) is 3.47. The summed E-state index contributed by atoms with van der Waals surface area (Å²) in [7, 11) is 0. The smallest absolute Gasteiger partial charge is 0.278 e. The third-order valence-corrected chi connectivity index (χ3v) is 6.29. The number of hydrogen-bond acceptors (Lipinski definition) is 3. The van der Waals surface area contributed by atoms with Gasteiger partial charge in [0.15, 0.2) is 5.69 Å². The summed E-state index contributed by atoms with van der Waals surface area (Å²) in [6, 6.07) is 9.91. The van der Waals surface area contributed by atoms with Crippen molar-refractivity contribution >= 4 is 17.5 Å². The molecule has 5 rings (SSSR count). The van der Waals surface area contributed by atoms with Crippen LogP contribution in [0.3, 0.4) is 0 Å². The average Bonchev–Trinajstić information content (AvgIpc) is 3.24. The van der Waals surface area contributed by atoms with Crippen molar-refractivity contribution in [2.24, 2.45) is 5.92 Å². The molecule has 1 saturated carbocycles. The van der Waals surface area contributed by atoms with Crippen LogP contribution in [0.4, 0.5) is 5.69 Å². The second-order valence-electron chi connectivity index (χ2n) is 8.29. The van der Waals surface area contributed by atoms with Gasteiger partial charge in [0, 0.05) is 25.2 Å². The molecule has 28 heavy (non-hydrogen) atoms. The van der Waals surface area contributed by atoms with Crippen molar-refractivity contribution in [3.8, 4) is 0 Å². The van der Waals surface area contributed by atoms with E-state index in [-0.39, 0.29) is 17.9 Å². The van der Waals surface area contributed by atoms with E-state index in [1.807, 2.05) is 34.1 Å². The van der Waals surface area contributed by atoms with Crippen molar-refractivity contribution in [3.63, 3.8) is 0 Å². The standard InChI is InChI=1S/C22H26N4O2/c27-21(13-15-8-9-15)25-11-4-3-7-20(25)17-14-18(24-23-17)22(28)26-12-10-16-5-1-2-6-19(16)26/h1-2,5-6,14-15,20H,3-4,7-13H2,(H,23,24). The number of piperidine rings is 1. The van der Waals surface area contributed by atoms with Gasteiger partial charge in [-0.3, -0.25) is 14.7 Å². The van der Waals surface area contributed by atoms with Crippen LogP contribution in [0, 0.1) is 5.92 Å². The molecular weight excluding hydrogens is 352 g/mol. The molecule has 0 spiro atoms. The van der Waals surface area contributed by atoms with Gasteiger partial charge in [0.05, 0.1) is 11.7 Å². The number of fused-ring (bicyclic) bond motifs is 1. The summed E-state index contributed by atoms with van der Waals surface area (Å²) >= 11 is 0. The van der Waals surface area contributed by atoms with E-state index in [4.69, 9.17) is 0 Å². The van der Waals surface area contributed by atoms with Gasteiger partial charge < -0.3 is 9.80 Å². The monoisotopic (exact) mass is 378 g/mol. The minimum absolute atomic E-state index is 0.0138. The fourth-order valence-electron chi connectivity index (χ4n) is 4.54. The molecule has 0 bridgehead atoms. The first-order valence-corrected chi connectivity index (χ1v) is 10.5. The number of benzene rings is 1. The molecule has 1 saturated heterocycles. The molecule has 1 unspecified atom stereocenters. The third-order valence-electron chi connectivity index (χ3n) is 6.29. The van der Waals surface area contributed by atoms with E-state index in [1.54, 1.807) is 0 Å². The van der Waals surface area contributed by atoms with Crippen LogP contribution in [0.5, 0.6) is 0 Å². The Morgan fingerprint density at radius 1 is 1.11 bits per heavy atom. The second kappa shape index (κ2) is 7.08. The van der Waals surface area contributed by atoms with E-state index in [1.165, 1.54) is 18.4 Å². The van der Waals surface area contributed by atoms with Crippen molar-refractivity contribution in [1.82, 2.24) is 15.1 Å². The number of amides is 2. The number of nitrogens with zero attached hydrogens (tertiary/aromatic N) is 3. The summed E-state index contributed by atoms with van der Waals surface area (Å²) in [5.74, 6) is 0.770. The zero-order valence-electron chi connectivity index (χ0n) is 16.1. The van der Waals surface area contributed by atoms with Gasteiger partial charge in [-0.05, 0) is 62.1 Å². The first-order chi connectivity index (χ1) is 13.7. The molecule has 6 heteroatoms. The van der Waals surface area contributed by atoms with Gasteiger partial charge in [0.1, 0.15) is 0 Å². The lowest BCUT2D eigenvalue weighted by atomic mass is 9.98. The van der Waals surface area contributed by atoms with Crippen molar-refractivity contribution in [1.29, 1.82) is 0 Å². The van der Waals surface area contributed by atoms with E-state index in [0.29, 0.717) is 24.6 Å². The summed E-state index contributed by atoms with van der Waals surface area (Å²) in [4.78, 5) is 29.6. The van der Waals surface area contributed by atoms with Crippen molar-refractivity contribution < 1.29 is 9.59 Å². The molecule has 1 aromatic heterocycles. The van der Waals surface area contributed by atoms with Gasteiger partial charge in [-0.25, -0.2) is 0 Å². The Morgan fingerprint density at radius 2 is 1.96 bits per heavy atom. The number of carbonyl (C=O) groups excluding carboxylic acids is 2. The highest BCUT2D eigenvalue weighted by Gasteiger charge is 2.34. The third kappa shape index (κ3) is 3.21. The SMILES string of the molecule is O=C(c1cc(C2CCCCN2C(=O)CC2CC2)[nH]n1)N1CCc2ccccc21. The Kier molecular flexibility index (Phi) is 4.41. The van der Waals surface area contributed by atoms with E-state index in [2.05, 4.69) is 16.3 Å². The van der Waals surface area contributed by atoms with Crippen molar-refractivity contribution in [2.75, 3.05) is 18.0 Å². The molecule has 2 fully saturated rings. The zero-order chi connectivity index (χ0) is 19.1. The van der Waals surface area contributed by atoms with E-state index < -0.39 is 0 Å². The number of H-pyrrole nitrogens is 1. The molecule has 2 aliphatic heterocycles. The summed E-state index contributed by atoms with van der Waals surface area (Å²) in [6.45, 7) is 1.49. The molecule has 146 valence electrons. The Morgan fingerprint density at radius 3 is 2.82 bits per heavy atom. The number of aromatic nitrogens is 2. The number of para-hydroxylation sites is 1. The molecule has 1 N–H and O–H groups in total. The molecule has 1 atom stereocenters. The number of aromatic amines is 1. The fourth-order valence-corrected chi connectivity index (χ4v) is 4.54. The van der Waals surface area contributed by atoms with Gasteiger partial charge in [0.25, 0.3) is 5.91 Å². The van der Waals surface area contributed by atoms with Crippen LogP contribution in [0.25, 0.3) is 0 Å². The first kappa shape index (κ1) is 17.5. The van der Waals surface area contributed by atoms with Crippen LogP contribution in [-0.2, 0) is 11.2 Å². The molecule has 1 aliphatic carbocycles. The first-order valence-electron chi connectivity index (χ1n) is 10.5. The molecule has 3 heterocycles. The maximum atomic E-state index is 13.0. The topological polar surface area (TPSA) is 69.3 Å². The average molecular weight is 378 g/mol. The molecule has 2 aromatic rings. The molecule has 3 aliphatic rings. The summed E-state index contributed by atoms with van der Waals surface area (Å²) in [6.07, 6.45) is 7.00. The highest BCUT2D eigenvalue weighted by Crippen LogP contribution is 2.36. The summed E-state index contributed by atoms with van der Waals surface area (Å²) < 4.78 is 0. The van der Waals surface area contributed by atoms with Gasteiger partial charge in [-0.2, -0.15) is 5.10 Å². The van der Waals surface area contributed by atoms with Crippen LogP contribution in [0.1, 0.15) is 66.3 Å². The largest absolute Gasteiger partial charge is 0.334 e. The van der Waals surface area contributed by atoms with Crippen LogP contribution < -0.4 is 4.90 Å². The summed E-state index contributed by atoms with van der Waals surface area (Å²) in [5.41, 5.74) is 3.51. The quantitative estimate of drug-likeness (QED) is 0.886. The molecular formula is C22H26N4O2. The summed E-state index contributed by atoms with van der Waals surface area (Å²) in [5, 5.41) is 7.39. The lowest BCUT2D eigenvalue weighted by Crippen LogP contribution is -2.38. The fraction of sp³-hybridized carbons (Fsp3) is 0.500. The van der Waals surface area contributed by atoms with Crippen molar-refractivity contribution in [2.45, 2.75) is 51.0 Å². The number of nitrogens with one attached hydrogen (secondary N) is 1. The Bertz CT molecular complexity index is 901. The number of likely N-dealkylation sites (tertiary alicyclic amines) is 1. The van der Waals surface area contributed by atoms with E-state index in [9.17, 15) is 9.59 Å². The van der Waals surface area contributed by atoms with Gasteiger partial charge in [-0.1, -0.05) is 18.2 Å². The maximum Gasteiger partial charge on any atom is 0.278 e. The van der Waals surface area contributed by atoms with Crippen molar-refractivity contribution in [3.05, 3.63) is 47.3 Å². The molecule has 0 radical (unpaired) electrons. The minimum atomic E-state index is -0.0703. The van der Waals surface area contributed by atoms with Gasteiger partial charge >= 0.3 is 0 Å². The number of carbonyl (C=O) groups is 2. The minimum Gasteiger partial charge on any atom is -0.334 e. The lowest BCUT2D eigenvalue weighted by Gasteiger charge is -2.35. The Balaban J connectivity index is 1.35. The van der Waals surface area contributed by atoms with E-state index in [0.717, 1.165) is 43.6 Å². The lowest BCUT2D eigenvalue weighted by molar-refractivity contribution is -0.135. The van der Waals surface area contributed by atoms with Gasteiger partial charge in [0.2, 0.25) is 5.91 Å². The molecule has 2 amide bonds. The number of hydrogen-bond donors (Lipinski definition) is 1. The maximum absolute atomic E-state index is 13.0. The zero-order valence-corrected chi connectivity index (χ0v) is 16.1. The van der Waals surface area contributed by atoms with Crippen LogP contribution in [0.2, 0.25) is 0 Å². The van der Waals surface area contributed by atoms with Crippen LogP contribution in [-0.4, -0.2) is 40.0 Å². The van der Waals surface area contributed by atoms with Crippen LogP contribution >= 0.6 is 0 Å². The predicted molar refractivity (Wildman–Crippen MR) is 106 cm³/mol. The Hall–Kier alpha value is -2.63. The second-order valence-corrected chi connectivity index (χ2v) is 8.29. The highest BCUT2D eigenvalue weighted by molar-refractivity contribution is 6.06.